The van der Waals surface area contributed by atoms with Crippen LogP contribution in [0.5, 0.6) is 0 Å². The van der Waals surface area contributed by atoms with Crippen molar-refractivity contribution in [1.29, 1.82) is 0 Å². The Morgan fingerprint density at radius 3 is 2.41 bits per heavy atom. The number of carbonyl (C=O) groups excluding carboxylic acids is 2. The second-order valence-corrected chi connectivity index (χ2v) is 5.90. The van der Waals surface area contributed by atoms with Gasteiger partial charge in [0.25, 0.3) is 11.8 Å². The Hall–Kier alpha value is -3.51. The van der Waals surface area contributed by atoms with E-state index in [-0.39, 0.29) is 11.5 Å². The Morgan fingerprint density at radius 1 is 0.926 bits per heavy atom. The van der Waals surface area contributed by atoms with Crippen molar-refractivity contribution >= 4 is 35.3 Å². The fraction of sp³-hybridized carbons (Fsp3) is 0. The number of nitrogens with one attached hydrogen (secondary N) is 2. The van der Waals surface area contributed by atoms with E-state index in [4.69, 9.17) is 11.6 Å². The number of nitrogens with zero attached hydrogens (tertiary/aromatic N) is 2. The van der Waals surface area contributed by atoms with Crippen LogP contribution in [0.2, 0.25) is 5.02 Å². The minimum absolute atomic E-state index is 0.290. The first kappa shape index (κ1) is 18.3. The largest absolute Gasteiger partial charge is 0.321 e. The number of para-hydroxylation sites is 1. The molecule has 0 aliphatic carbocycles. The summed E-state index contributed by atoms with van der Waals surface area (Å²) in [5.41, 5.74) is 4.14. The van der Waals surface area contributed by atoms with E-state index in [0.717, 1.165) is 0 Å². The summed E-state index contributed by atoms with van der Waals surface area (Å²) in [6, 6.07) is 18.5. The van der Waals surface area contributed by atoms with Crippen LogP contribution in [0.4, 0.5) is 5.69 Å². The molecule has 0 atom stereocenters. The van der Waals surface area contributed by atoms with Gasteiger partial charge in [-0.25, -0.2) is 5.43 Å². The monoisotopic (exact) mass is 378 g/mol. The zero-order valence-corrected chi connectivity index (χ0v) is 14.9. The molecular weight excluding hydrogens is 364 g/mol. The van der Waals surface area contributed by atoms with Gasteiger partial charge in [-0.15, -0.1) is 0 Å². The molecular formula is C20H15ClN4O2. The predicted octanol–water partition coefficient (Wildman–Crippen LogP) is 3.75. The van der Waals surface area contributed by atoms with Gasteiger partial charge in [0, 0.05) is 16.8 Å². The third-order valence-electron chi connectivity index (χ3n) is 3.58. The first-order valence-corrected chi connectivity index (χ1v) is 8.41. The lowest BCUT2D eigenvalue weighted by Gasteiger charge is -2.10. The number of hydrogen-bond donors (Lipinski definition) is 2. The molecule has 0 bridgehead atoms. The Bertz CT molecular complexity index is 973. The van der Waals surface area contributed by atoms with Crippen molar-refractivity contribution in [2.75, 3.05) is 5.32 Å². The standard InChI is InChI=1S/C20H15ClN4O2/c21-15-10-8-14(9-11-15)19(26)24-18-7-2-1-6-17(18)20(27)25-23-13-16-5-3-4-12-22-16/h1-13H,(H,24,26)(H,25,27). The lowest BCUT2D eigenvalue weighted by molar-refractivity contribution is 0.0956. The van der Waals surface area contributed by atoms with Crippen LogP contribution < -0.4 is 10.7 Å². The molecule has 0 aliphatic rings. The maximum Gasteiger partial charge on any atom is 0.273 e. The molecule has 27 heavy (non-hydrogen) atoms. The van der Waals surface area contributed by atoms with E-state index in [9.17, 15) is 9.59 Å². The van der Waals surface area contributed by atoms with Gasteiger partial charge in [-0.3, -0.25) is 14.6 Å². The van der Waals surface area contributed by atoms with Gasteiger partial charge in [0.05, 0.1) is 23.2 Å². The number of hydrazone groups is 1. The molecule has 3 aromatic rings. The van der Waals surface area contributed by atoms with Crippen molar-refractivity contribution in [1.82, 2.24) is 10.4 Å². The van der Waals surface area contributed by atoms with E-state index >= 15 is 0 Å². The summed E-state index contributed by atoms with van der Waals surface area (Å²) in [5, 5.41) is 7.16. The highest BCUT2D eigenvalue weighted by molar-refractivity contribution is 6.30. The lowest BCUT2D eigenvalue weighted by Crippen LogP contribution is -2.21. The highest BCUT2D eigenvalue weighted by atomic mass is 35.5. The number of anilines is 1. The van der Waals surface area contributed by atoms with Crippen LogP contribution in [-0.4, -0.2) is 23.0 Å². The molecule has 0 spiro atoms. The fourth-order valence-electron chi connectivity index (χ4n) is 2.26. The molecule has 134 valence electrons. The molecule has 7 heteroatoms. The number of aromatic nitrogens is 1. The minimum atomic E-state index is -0.450. The zero-order chi connectivity index (χ0) is 19.1. The third kappa shape index (κ3) is 4.99. The van der Waals surface area contributed by atoms with E-state index in [2.05, 4.69) is 20.8 Å². The topological polar surface area (TPSA) is 83.5 Å². The second kappa shape index (κ2) is 8.73. The van der Waals surface area contributed by atoms with Gasteiger partial charge in [-0.1, -0.05) is 29.8 Å². The maximum atomic E-state index is 12.4. The van der Waals surface area contributed by atoms with Crippen molar-refractivity contribution < 1.29 is 9.59 Å². The van der Waals surface area contributed by atoms with Gasteiger partial charge in [0.15, 0.2) is 0 Å². The minimum Gasteiger partial charge on any atom is -0.321 e. The Kier molecular flexibility index (Phi) is 5.91. The van der Waals surface area contributed by atoms with Gasteiger partial charge in [-0.2, -0.15) is 5.10 Å². The predicted molar refractivity (Wildman–Crippen MR) is 105 cm³/mol. The van der Waals surface area contributed by atoms with Gasteiger partial charge >= 0.3 is 0 Å². The molecule has 0 unspecified atom stereocenters. The van der Waals surface area contributed by atoms with Gasteiger partial charge in [0.2, 0.25) is 0 Å². The molecule has 0 fully saturated rings. The Morgan fingerprint density at radius 2 is 1.67 bits per heavy atom. The molecule has 2 amide bonds. The average Bonchev–Trinajstić information content (AvgIpc) is 2.69. The number of amides is 2. The van der Waals surface area contributed by atoms with Crippen LogP contribution in [0.3, 0.4) is 0 Å². The number of hydrogen-bond acceptors (Lipinski definition) is 4. The quantitative estimate of drug-likeness (QED) is 0.524. The molecule has 1 heterocycles. The highest BCUT2D eigenvalue weighted by Gasteiger charge is 2.13. The first-order chi connectivity index (χ1) is 13.1. The fourth-order valence-corrected chi connectivity index (χ4v) is 2.38. The molecule has 6 nitrogen and oxygen atoms in total. The molecule has 0 aliphatic heterocycles. The summed E-state index contributed by atoms with van der Waals surface area (Å²) in [7, 11) is 0. The van der Waals surface area contributed by atoms with E-state index in [0.29, 0.717) is 22.0 Å². The number of halogens is 1. The van der Waals surface area contributed by atoms with Crippen molar-refractivity contribution in [3.05, 3.63) is 94.8 Å². The number of pyridine rings is 1. The lowest BCUT2D eigenvalue weighted by atomic mass is 10.1. The van der Waals surface area contributed by atoms with E-state index in [1.54, 1.807) is 66.9 Å². The smallest absolute Gasteiger partial charge is 0.273 e. The summed E-state index contributed by atoms with van der Waals surface area (Å²) in [4.78, 5) is 28.9. The Balaban J connectivity index is 1.71. The summed E-state index contributed by atoms with van der Waals surface area (Å²) >= 11 is 5.83. The normalized spacial score (nSPS) is 10.6. The van der Waals surface area contributed by atoms with E-state index in [1.807, 2.05) is 6.07 Å². The van der Waals surface area contributed by atoms with Crippen LogP contribution in [0, 0.1) is 0 Å². The van der Waals surface area contributed by atoms with E-state index < -0.39 is 5.91 Å². The van der Waals surface area contributed by atoms with Crippen LogP contribution in [0.25, 0.3) is 0 Å². The van der Waals surface area contributed by atoms with Crippen LogP contribution in [-0.2, 0) is 0 Å². The number of carbonyl (C=O) groups is 2. The molecule has 2 N–H and O–H groups in total. The average molecular weight is 379 g/mol. The molecule has 0 saturated carbocycles. The molecule has 3 rings (SSSR count). The number of benzene rings is 2. The van der Waals surface area contributed by atoms with Crippen LogP contribution in [0.15, 0.2) is 78.0 Å². The molecule has 0 saturated heterocycles. The van der Waals surface area contributed by atoms with Crippen LogP contribution >= 0.6 is 11.6 Å². The summed E-state index contributed by atoms with van der Waals surface area (Å²) in [5.74, 6) is -0.793. The van der Waals surface area contributed by atoms with Crippen molar-refractivity contribution in [3.63, 3.8) is 0 Å². The van der Waals surface area contributed by atoms with Crippen molar-refractivity contribution in [3.8, 4) is 0 Å². The van der Waals surface area contributed by atoms with Crippen molar-refractivity contribution in [2.24, 2.45) is 5.10 Å². The highest BCUT2D eigenvalue weighted by Crippen LogP contribution is 2.17. The van der Waals surface area contributed by atoms with E-state index in [1.165, 1.54) is 6.21 Å². The molecule has 2 aromatic carbocycles. The SMILES string of the molecule is O=C(Nc1ccccc1C(=O)NN=Cc1ccccn1)c1ccc(Cl)cc1. The molecule has 0 radical (unpaired) electrons. The Labute approximate surface area is 160 Å². The third-order valence-corrected chi connectivity index (χ3v) is 3.83. The molecule has 1 aromatic heterocycles. The maximum absolute atomic E-state index is 12.4. The second-order valence-electron chi connectivity index (χ2n) is 5.46. The zero-order valence-electron chi connectivity index (χ0n) is 14.1. The summed E-state index contributed by atoms with van der Waals surface area (Å²) < 4.78 is 0. The van der Waals surface area contributed by atoms with Crippen molar-refractivity contribution in [2.45, 2.75) is 0 Å². The van der Waals surface area contributed by atoms with Gasteiger partial charge in [0.1, 0.15) is 0 Å². The van der Waals surface area contributed by atoms with Gasteiger partial charge < -0.3 is 5.32 Å². The summed E-state index contributed by atoms with van der Waals surface area (Å²) in [6.07, 6.45) is 3.07. The summed E-state index contributed by atoms with van der Waals surface area (Å²) in [6.45, 7) is 0. The first-order valence-electron chi connectivity index (χ1n) is 8.04. The van der Waals surface area contributed by atoms with Crippen LogP contribution in [0.1, 0.15) is 26.4 Å². The number of rotatable bonds is 5. The van der Waals surface area contributed by atoms with Gasteiger partial charge in [-0.05, 0) is 48.5 Å².